The highest BCUT2D eigenvalue weighted by Gasteiger charge is 2.44. The highest BCUT2D eigenvalue weighted by Crippen LogP contribution is 2.45. The molecule has 1 aliphatic carbocycles. The Morgan fingerprint density at radius 2 is 1.58 bits per heavy atom. The topological polar surface area (TPSA) is 9.23 Å². The third-order valence-electron chi connectivity index (χ3n) is 6.96. The van der Waals surface area contributed by atoms with E-state index in [0.717, 1.165) is 5.75 Å². The van der Waals surface area contributed by atoms with Gasteiger partial charge in [0.05, 0.1) is 7.11 Å². The molecule has 0 N–H and O–H groups in total. The summed E-state index contributed by atoms with van der Waals surface area (Å²) in [4.78, 5) is 0. The Kier molecular flexibility index (Phi) is 5.16. The minimum atomic E-state index is -1.87. The molecule has 2 aromatic carbocycles. The fraction of sp³-hybridized carbons (Fsp3) is 0.417. The molecule has 1 aliphatic rings. The SMILES string of the molecule is CC[Si](CC)(C1=C(C)C(C)=C(C)C1C)c1ccc2ccccc2c1OC. The molecular formula is C24H32OSi. The average molecular weight is 365 g/mol. The van der Waals surface area contributed by atoms with Crippen LogP contribution in [0.15, 0.2) is 58.3 Å². The van der Waals surface area contributed by atoms with Gasteiger partial charge in [-0.1, -0.05) is 85.6 Å². The van der Waals surface area contributed by atoms with Gasteiger partial charge in [-0.3, -0.25) is 0 Å². The van der Waals surface area contributed by atoms with Gasteiger partial charge in [-0.2, -0.15) is 0 Å². The molecule has 1 atom stereocenters. The molecule has 0 amide bonds. The van der Waals surface area contributed by atoms with Gasteiger partial charge in [0.1, 0.15) is 13.8 Å². The van der Waals surface area contributed by atoms with Crippen molar-refractivity contribution in [1.29, 1.82) is 0 Å². The fourth-order valence-electron chi connectivity index (χ4n) is 5.13. The van der Waals surface area contributed by atoms with Crippen LogP contribution < -0.4 is 9.92 Å². The summed E-state index contributed by atoms with van der Waals surface area (Å²) in [6, 6.07) is 15.7. The second-order valence-electron chi connectivity index (χ2n) is 7.73. The molecule has 1 unspecified atom stereocenters. The Hall–Kier alpha value is -1.80. The monoisotopic (exact) mass is 364 g/mol. The number of hydrogen-bond acceptors (Lipinski definition) is 1. The first kappa shape index (κ1) is 19.0. The number of benzene rings is 2. The van der Waals surface area contributed by atoms with Crippen molar-refractivity contribution in [1.82, 2.24) is 0 Å². The van der Waals surface area contributed by atoms with E-state index in [4.69, 9.17) is 4.74 Å². The summed E-state index contributed by atoms with van der Waals surface area (Å²) in [7, 11) is -0.0289. The van der Waals surface area contributed by atoms with Crippen LogP contribution in [0, 0.1) is 5.92 Å². The highest BCUT2D eigenvalue weighted by atomic mass is 28.3. The zero-order valence-corrected chi connectivity index (χ0v) is 18.4. The summed E-state index contributed by atoms with van der Waals surface area (Å²) in [5, 5.41) is 5.72. The van der Waals surface area contributed by atoms with E-state index < -0.39 is 8.07 Å². The molecular weight excluding hydrogens is 332 g/mol. The Morgan fingerprint density at radius 1 is 0.923 bits per heavy atom. The van der Waals surface area contributed by atoms with Crippen LogP contribution in [0.1, 0.15) is 41.5 Å². The molecule has 0 saturated carbocycles. The predicted molar refractivity (Wildman–Crippen MR) is 117 cm³/mol. The predicted octanol–water partition coefficient (Wildman–Crippen LogP) is 6.39. The van der Waals surface area contributed by atoms with Crippen LogP contribution in [0.5, 0.6) is 5.75 Å². The molecule has 1 nitrogen and oxygen atoms in total. The van der Waals surface area contributed by atoms with Crippen molar-refractivity contribution in [3.63, 3.8) is 0 Å². The van der Waals surface area contributed by atoms with Crippen LogP contribution in [0.4, 0.5) is 0 Å². The van der Waals surface area contributed by atoms with Crippen LogP contribution >= 0.6 is 0 Å². The summed E-state index contributed by atoms with van der Waals surface area (Å²) >= 11 is 0. The molecule has 0 fully saturated rings. The lowest BCUT2D eigenvalue weighted by molar-refractivity contribution is 0.422. The normalized spacial score (nSPS) is 18.2. The summed E-state index contributed by atoms with van der Waals surface area (Å²) in [6.07, 6.45) is 0. The molecule has 0 aliphatic heterocycles. The van der Waals surface area contributed by atoms with Crippen LogP contribution in [0.2, 0.25) is 12.1 Å². The third kappa shape index (κ3) is 2.58. The van der Waals surface area contributed by atoms with Gasteiger partial charge < -0.3 is 4.74 Å². The smallest absolute Gasteiger partial charge is 0.126 e. The van der Waals surface area contributed by atoms with Gasteiger partial charge in [-0.15, -0.1) is 0 Å². The molecule has 0 saturated heterocycles. The van der Waals surface area contributed by atoms with Gasteiger partial charge in [-0.05, 0) is 42.8 Å². The number of rotatable bonds is 5. The van der Waals surface area contributed by atoms with Crippen molar-refractivity contribution in [3.05, 3.63) is 58.3 Å². The molecule has 26 heavy (non-hydrogen) atoms. The third-order valence-corrected chi connectivity index (χ3v) is 12.6. The van der Waals surface area contributed by atoms with Crippen molar-refractivity contribution < 1.29 is 4.74 Å². The minimum Gasteiger partial charge on any atom is -0.496 e. The number of methoxy groups -OCH3 is 1. The van der Waals surface area contributed by atoms with E-state index in [2.05, 4.69) is 77.9 Å². The summed E-state index contributed by atoms with van der Waals surface area (Å²) in [6.45, 7) is 14.2. The highest BCUT2D eigenvalue weighted by molar-refractivity contribution is 6.98. The van der Waals surface area contributed by atoms with E-state index >= 15 is 0 Å². The summed E-state index contributed by atoms with van der Waals surface area (Å²) in [5.74, 6) is 1.66. The van der Waals surface area contributed by atoms with Gasteiger partial charge in [-0.25, -0.2) is 0 Å². The van der Waals surface area contributed by atoms with E-state index in [9.17, 15) is 0 Å². The van der Waals surface area contributed by atoms with Crippen LogP contribution in [-0.4, -0.2) is 15.2 Å². The van der Waals surface area contributed by atoms with Crippen molar-refractivity contribution in [2.45, 2.75) is 53.6 Å². The molecule has 0 spiro atoms. The van der Waals surface area contributed by atoms with Crippen molar-refractivity contribution in [2.24, 2.45) is 5.92 Å². The summed E-state index contributed by atoms with van der Waals surface area (Å²) < 4.78 is 6.05. The van der Waals surface area contributed by atoms with E-state index in [0.29, 0.717) is 5.92 Å². The lowest BCUT2D eigenvalue weighted by Gasteiger charge is -2.37. The van der Waals surface area contributed by atoms with E-state index in [-0.39, 0.29) is 0 Å². The Morgan fingerprint density at radius 3 is 2.12 bits per heavy atom. The first-order valence-corrected chi connectivity index (χ1v) is 12.3. The number of hydrogen-bond donors (Lipinski definition) is 0. The van der Waals surface area contributed by atoms with Gasteiger partial charge in [0, 0.05) is 5.39 Å². The maximum Gasteiger partial charge on any atom is 0.126 e. The maximum atomic E-state index is 6.05. The van der Waals surface area contributed by atoms with Gasteiger partial charge in [0.25, 0.3) is 0 Å². The Balaban J connectivity index is 2.33. The fourth-order valence-corrected chi connectivity index (χ4v) is 10.5. The van der Waals surface area contributed by atoms with Gasteiger partial charge >= 0.3 is 0 Å². The second-order valence-corrected chi connectivity index (χ2v) is 12.4. The standard InChI is InChI=1S/C24H32OSi/c1-8-26(9-2,24-18(5)16(3)17(4)19(24)6)22-15-14-20-12-10-11-13-21(20)23(22)25-7/h10-15,18H,8-9H2,1-7H3. The lowest BCUT2D eigenvalue weighted by Crippen LogP contribution is -2.51. The minimum absolute atomic E-state index is 0.553. The molecule has 0 heterocycles. The van der Waals surface area contributed by atoms with Crippen LogP contribution in [0.25, 0.3) is 10.8 Å². The average Bonchev–Trinajstić information content (AvgIpc) is 2.87. The number of allylic oxidation sites excluding steroid dienone is 4. The van der Waals surface area contributed by atoms with Crippen LogP contribution in [0.3, 0.4) is 0 Å². The van der Waals surface area contributed by atoms with Crippen molar-refractivity contribution in [3.8, 4) is 5.75 Å². The zero-order valence-electron chi connectivity index (χ0n) is 17.4. The molecule has 0 bridgehead atoms. The van der Waals surface area contributed by atoms with E-state index in [1.165, 1.54) is 33.6 Å². The van der Waals surface area contributed by atoms with E-state index in [1.54, 1.807) is 16.3 Å². The van der Waals surface area contributed by atoms with Crippen molar-refractivity contribution in [2.75, 3.05) is 7.11 Å². The summed E-state index contributed by atoms with van der Waals surface area (Å²) in [5.41, 5.74) is 4.60. The molecule has 138 valence electrons. The first-order chi connectivity index (χ1) is 12.4. The molecule has 0 radical (unpaired) electrons. The lowest BCUT2D eigenvalue weighted by atomic mass is 10.1. The quantitative estimate of drug-likeness (QED) is 0.559. The first-order valence-electron chi connectivity index (χ1n) is 9.88. The molecule has 0 aromatic heterocycles. The maximum absolute atomic E-state index is 6.05. The van der Waals surface area contributed by atoms with Crippen molar-refractivity contribution >= 4 is 24.0 Å². The van der Waals surface area contributed by atoms with E-state index in [1.807, 2.05) is 7.11 Å². The van der Waals surface area contributed by atoms with Gasteiger partial charge in [0.15, 0.2) is 0 Å². The zero-order chi connectivity index (χ0) is 19.1. The Labute approximate surface area is 159 Å². The second kappa shape index (κ2) is 7.07. The largest absolute Gasteiger partial charge is 0.496 e. The molecule has 3 rings (SSSR count). The van der Waals surface area contributed by atoms with Gasteiger partial charge in [0.2, 0.25) is 0 Å². The molecule has 2 aromatic rings. The molecule has 2 heteroatoms. The number of fused-ring (bicyclic) bond motifs is 1. The number of ether oxygens (including phenoxy) is 1. The Bertz CT molecular complexity index is 900. The van der Waals surface area contributed by atoms with Crippen LogP contribution in [-0.2, 0) is 0 Å².